The topological polar surface area (TPSA) is 220 Å². The van der Waals surface area contributed by atoms with Gasteiger partial charge in [-0.25, -0.2) is 4.79 Å². The number of aliphatic carboxylic acids is 1. The van der Waals surface area contributed by atoms with Gasteiger partial charge in [0.15, 0.2) is 6.04 Å². The van der Waals surface area contributed by atoms with E-state index in [0.29, 0.717) is 11.5 Å². The summed E-state index contributed by atoms with van der Waals surface area (Å²) in [6.45, 7) is 8.42. The maximum absolute atomic E-state index is 14.4. The molecule has 50 heavy (non-hydrogen) atoms. The molecule has 0 bridgehead atoms. The normalized spacial score (nSPS) is 22.3. The third-order valence-corrected chi connectivity index (χ3v) is 11.9. The van der Waals surface area contributed by atoms with Gasteiger partial charge in [0.1, 0.15) is 23.4 Å². The van der Waals surface area contributed by atoms with E-state index in [4.69, 9.17) is 5.73 Å². The monoisotopic (exact) mass is 729 g/mol. The molecule has 1 aliphatic carbocycles. The van der Waals surface area contributed by atoms with E-state index < -0.39 is 70.2 Å². The van der Waals surface area contributed by atoms with Crippen molar-refractivity contribution in [3.8, 4) is 5.75 Å². The number of carboxylic acid groups (broad SMARTS) is 1. The van der Waals surface area contributed by atoms with Crippen LogP contribution in [0.4, 0.5) is 0 Å². The van der Waals surface area contributed by atoms with Gasteiger partial charge in [0.05, 0.1) is 12.1 Å². The number of carboxylic acids is 1. The number of nitrogens with two attached hydrogens (primary N) is 1. The third-order valence-electron chi connectivity index (χ3n) is 9.24. The first-order chi connectivity index (χ1) is 23.4. The van der Waals surface area contributed by atoms with Crippen LogP contribution in [0.5, 0.6) is 5.75 Å². The van der Waals surface area contributed by atoms with Crippen LogP contribution in [-0.2, 0) is 43.2 Å². The minimum Gasteiger partial charge on any atom is -0.508 e. The molecular formula is C35H47N5O8S2. The first kappa shape index (κ1) is 39.0. The number of hydrogen-bond donors (Lipinski definition) is 8. The van der Waals surface area contributed by atoms with Gasteiger partial charge in [0, 0.05) is 34.8 Å². The molecule has 2 aliphatic rings. The van der Waals surface area contributed by atoms with Crippen molar-refractivity contribution in [2.45, 2.75) is 94.4 Å². The second-order valence-electron chi connectivity index (χ2n) is 13.6. The molecule has 1 fully saturated rings. The number of aryl methyl sites for hydroxylation is 2. The molecule has 0 aromatic heterocycles. The zero-order valence-electron chi connectivity index (χ0n) is 28.9. The predicted octanol–water partition coefficient (Wildman–Crippen LogP) is 0.711. The Balaban J connectivity index is 1.64. The fourth-order valence-corrected chi connectivity index (χ4v) is 8.71. The molecule has 2 aromatic rings. The fourth-order valence-electron chi connectivity index (χ4n) is 6.41. The highest BCUT2D eigenvalue weighted by atomic mass is 32.2. The maximum atomic E-state index is 14.4. The summed E-state index contributed by atoms with van der Waals surface area (Å²) < 4.78 is -0.947. The van der Waals surface area contributed by atoms with Gasteiger partial charge in [0.2, 0.25) is 23.6 Å². The van der Waals surface area contributed by atoms with Gasteiger partial charge in [0.25, 0.3) is 0 Å². The molecule has 1 aliphatic heterocycles. The highest BCUT2D eigenvalue weighted by Crippen LogP contribution is 2.34. The molecule has 0 saturated carbocycles. The van der Waals surface area contributed by atoms with E-state index in [1.54, 1.807) is 26.0 Å². The number of nitrogens with one attached hydrogen (secondary N) is 4. The van der Waals surface area contributed by atoms with Crippen molar-refractivity contribution in [2.75, 3.05) is 17.3 Å². The SMILES string of the molecule is Cc1cc(O)cc(C)c1CC(N)C(=O)NC1CSCCSC(C)(C)C(C(=O)NC(C(=O)O)C(C)O)NC(=O)C2(Cc3ccccc3C2)NC1=O. The van der Waals surface area contributed by atoms with Crippen LogP contribution >= 0.6 is 23.5 Å². The van der Waals surface area contributed by atoms with Gasteiger partial charge in [-0.1, -0.05) is 24.3 Å². The number of aliphatic hydroxyl groups is 1. The van der Waals surface area contributed by atoms with Crippen LogP contribution in [0.25, 0.3) is 0 Å². The number of aromatic hydroxyl groups is 1. The molecule has 5 atom stereocenters. The Morgan fingerprint density at radius 1 is 1.06 bits per heavy atom. The molecule has 5 unspecified atom stereocenters. The van der Waals surface area contributed by atoms with Crippen molar-refractivity contribution in [3.63, 3.8) is 0 Å². The van der Waals surface area contributed by atoms with Gasteiger partial charge in [-0.15, -0.1) is 0 Å². The van der Waals surface area contributed by atoms with E-state index in [9.17, 15) is 39.3 Å². The average Bonchev–Trinajstić information content (AvgIpc) is 3.41. The van der Waals surface area contributed by atoms with Gasteiger partial charge in [-0.3, -0.25) is 19.2 Å². The minimum absolute atomic E-state index is 0.112. The quantitative estimate of drug-likeness (QED) is 0.189. The lowest BCUT2D eigenvalue weighted by Crippen LogP contribution is -2.68. The number of carbonyl (C=O) groups is 5. The first-order valence-corrected chi connectivity index (χ1v) is 18.6. The number of phenolic OH excluding ortho intramolecular Hbond substituents is 1. The number of carbonyl (C=O) groups excluding carboxylic acids is 4. The summed E-state index contributed by atoms with van der Waals surface area (Å²) in [6.07, 6.45) is -1.000. The molecule has 2 aromatic carbocycles. The summed E-state index contributed by atoms with van der Waals surface area (Å²) >= 11 is 2.81. The molecule has 0 radical (unpaired) electrons. The van der Waals surface area contributed by atoms with Crippen LogP contribution < -0.4 is 27.0 Å². The molecule has 1 spiro atoms. The Bertz CT molecular complexity index is 1590. The Labute approximate surface area is 300 Å². The summed E-state index contributed by atoms with van der Waals surface area (Å²) in [5.41, 5.74) is 8.86. The molecule has 1 saturated heterocycles. The fraction of sp³-hybridized carbons (Fsp3) is 0.514. The Hall–Kier alpha value is -3.79. The third kappa shape index (κ3) is 9.11. The van der Waals surface area contributed by atoms with Crippen molar-refractivity contribution in [3.05, 3.63) is 64.2 Å². The second kappa shape index (κ2) is 16.0. The van der Waals surface area contributed by atoms with Crippen molar-refractivity contribution < 1.29 is 39.3 Å². The van der Waals surface area contributed by atoms with Gasteiger partial charge >= 0.3 is 5.97 Å². The number of amides is 4. The number of hydrogen-bond acceptors (Lipinski definition) is 10. The van der Waals surface area contributed by atoms with Crippen LogP contribution in [-0.4, -0.2) is 103 Å². The minimum atomic E-state index is -1.61. The van der Waals surface area contributed by atoms with Crippen LogP contribution in [0.3, 0.4) is 0 Å². The summed E-state index contributed by atoms with van der Waals surface area (Å²) in [5, 5.41) is 40.5. The number of phenols is 1. The summed E-state index contributed by atoms with van der Waals surface area (Å²) in [6, 6.07) is 5.66. The number of rotatable bonds is 8. The molecule has 15 heteroatoms. The number of aliphatic hydroxyl groups excluding tert-OH is 1. The largest absolute Gasteiger partial charge is 0.508 e. The van der Waals surface area contributed by atoms with Crippen molar-refractivity contribution in [1.29, 1.82) is 0 Å². The van der Waals surface area contributed by atoms with E-state index in [0.717, 1.165) is 27.8 Å². The van der Waals surface area contributed by atoms with E-state index >= 15 is 0 Å². The summed E-state index contributed by atoms with van der Waals surface area (Å²) in [4.78, 5) is 67.5. The van der Waals surface area contributed by atoms with Crippen LogP contribution in [0.2, 0.25) is 0 Å². The summed E-state index contributed by atoms with van der Waals surface area (Å²) in [5.74, 6) is -2.69. The Morgan fingerprint density at radius 3 is 2.22 bits per heavy atom. The highest BCUT2D eigenvalue weighted by molar-refractivity contribution is 8.03. The first-order valence-electron chi connectivity index (χ1n) is 16.4. The van der Waals surface area contributed by atoms with E-state index in [-0.39, 0.29) is 30.8 Å². The van der Waals surface area contributed by atoms with E-state index in [2.05, 4.69) is 21.3 Å². The van der Waals surface area contributed by atoms with Crippen LogP contribution in [0.1, 0.15) is 48.6 Å². The number of thioether (sulfide) groups is 2. The van der Waals surface area contributed by atoms with Gasteiger partial charge in [-0.2, -0.15) is 23.5 Å². The van der Waals surface area contributed by atoms with Gasteiger partial charge in [-0.05, 0) is 81.0 Å². The standard InChI is InChI=1S/C35H47N5O8S2/c1-18-12-23(42)13-19(2)24(18)14-25(36)29(43)37-26-17-49-10-11-50-34(4,5)28(31(45)38-27(20(3)41)32(46)47)39-33(48)35(40-30(26)44)15-21-8-6-7-9-22(21)16-35/h6-9,12-13,20,25-28,41-42H,10-11,14-17,36H2,1-5H3,(H,37,43)(H,38,45)(H,39,48)(H,40,44)(H,46,47). The molecule has 4 rings (SSSR count). The van der Waals surface area contributed by atoms with E-state index in [1.807, 2.05) is 38.1 Å². The Morgan fingerprint density at radius 2 is 1.66 bits per heavy atom. The highest BCUT2D eigenvalue weighted by Gasteiger charge is 2.49. The lowest BCUT2D eigenvalue weighted by atomic mass is 9.91. The smallest absolute Gasteiger partial charge is 0.328 e. The number of benzene rings is 2. The molecule has 9 N–H and O–H groups in total. The van der Waals surface area contributed by atoms with Gasteiger partial charge < -0.3 is 42.3 Å². The second-order valence-corrected chi connectivity index (χ2v) is 16.5. The molecule has 13 nitrogen and oxygen atoms in total. The maximum Gasteiger partial charge on any atom is 0.328 e. The average molecular weight is 730 g/mol. The van der Waals surface area contributed by atoms with Crippen molar-refractivity contribution in [1.82, 2.24) is 21.3 Å². The lowest BCUT2D eigenvalue weighted by molar-refractivity contribution is -0.145. The zero-order valence-corrected chi connectivity index (χ0v) is 30.5. The number of fused-ring (bicyclic) bond motifs is 1. The van der Waals surface area contributed by atoms with Crippen LogP contribution in [0.15, 0.2) is 36.4 Å². The van der Waals surface area contributed by atoms with Crippen LogP contribution in [0, 0.1) is 13.8 Å². The van der Waals surface area contributed by atoms with E-state index in [1.165, 1.54) is 30.4 Å². The molecule has 272 valence electrons. The molecular weight excluding hydrogens is 683 g/mol. The van der Waals surface area contributed by atoms with Crippen molar-refractivity contribution >= 4 is 53.1 Å². The zero-order chi connectivity index (χ0) is 37.0. The Kier molecular flexibility index (Phi) is 12.5. The lowest BCUT2D eigenvalue weighted by Gasteiger charge is -2.37. The molecule has 1 heterocycles. The van der Waals surface area contributed by atoms with Crippen molar-refractivity contribution in [2.24, 2.45) is 5.73 Å². The summed E-state index contributed by atoms with van der Waals surface area (Å²) in [7, 11) is 0. The molecule has 4 amide bonds. The predicted molar refractivity (Wildman–Crippen MR) is 193 cm³/mol.